The first-order chi connectivity index (χ1) is 5.52. The molecular formula is C10H19NO. The predicted molar refractivity (Wildman–Crippen MR) is 48.9 cm³/mol. The fourth-order valence-electron chi connectivity index (χ4n) is 2.28. The number of ether oxygens (including phenoxy) is 1. The summed E-state index contributed by atoms with van der Waals surface area (Å²) in [6, 6.07) is 0. The van der Waals surface area contributed by atoms with Gasteiger partial charge in [-0.05, 0) is 45.4 Å². The average molecular weight is 169 g/mol. The summed E-state index contributed by atoms with van der Waals surface area (Å²) in [5, 5.41) is 0. The van der Waals surface area contributed by atoms with E-state index in [4.69, 9.17) is 10.5 Å². The molecule has 2 nitrogen and oxygen atoms in total. The normalized spacial score (nSPS) is 37.8. The van der Waals surface area contributed by atoms with E-state index in [0.717, 1.165) is 13.0 Å². The van der Waals surface area contributed by atoms with Gasteiger partial charge in [0.15, 0.2) is 0 Å². The van der Waals surface area contributed by atoms with Crippen molar-refractivity contribution in [3.8, 4) is 0 Å². The molecule has 1 heterocycles. The van der Waals surface area contributed by atoms with Gasteiger partial charge in [-0.2, -0.15) is 0 Å². The molecule has 2 aliphatic rings. The van der Waals surface area contributed by atoms with Crippen LogP contribution in [0.15, 0.2) is 0 Å². The van der Waals surface area contributed by atoms with Crippen molar-refractivity contribution in [3.63, 3.8) is 0 Å². The van der Waals surface area contributed by atoms with Crippen molar-refractivity contribution in [2.75, 3.05) is 6.61 Å². The zero-order chi connectivity index (χ0) is 8.82. The Hall–Kier alpha value is -0.0800. The zero-order valence-electron chi connectivity index (χ0n) is 8.10. The van der Waals surface area contributed by atoms with Gasteiger partial charge in [-0.1, -0.05) is 0 Å². The Balaban J connectivity index is 1.99. The van der Waals surface area contributed by atoms with Crippen LogP contribution in [0.3, 0.4) is 0 Å². The summed E-state index contributed by atoms with van der Waals surface area (Å²) < 4.78 is 5.66. The first-order valence-corrected chi connectivity index (χ1v) is 4.95. The van der Waals surface area contributed by atoms with Crippen LogP contribution < -0.4 is 5.73 Å². The second kappa shape index (κ2) is 2.46. The van der Waals surface area contributed by atoms with Gasteiger partial charge in [-0.15, -0.1) is 0 Å². The van der Waals surface area contributed by atoms with Crippen LogP contribution in [0.1, 0.15) is 39.5 Å². The maximum absolute atomic E-state index is 6.19. The molecule has 1 aliphatic heterocycles. The lowest BCUT2D eigenvalue weighted by atomic mass is 9.82. The minimum absolute atomic E-state index is 0.0673. The van der Waals surface area contributed by atoms with E-state index < -0.39 is 0 Å². The maximum Gasteiger partial charge on any atom is 0.0629 e. The third-order valence-corrected chi connectivity index (χ3v) is 3.34. The Morgan fingerprint density at radius 1 is 1.33 bits per heavy atom. The van der Waals surface area contributed by atoms with Crippen LogP contribution in [0.25, 0.3) is 0 Å². The SMILES string of the molecule is CC1(C)CC(C2(N)CC2)CCO1. The molecule has 2 fully saturated rings. The van der Waals surface area contributed by atoms with Gasteiger partial charge in [0.1, 0.15) is 0 Å². The van der Waals surface area contributed by atoms with Gasteiger partial charge < -0.3 is 10.5 Å². The Morgan fingerprint density at radius 2 is 2.00 bits per heavy atom. The monoisotopic (exact) mass is 169 g/mol. The van der Waals surface area contributed by atoms with Crippen LogP contribution >= 0.6 is 0 Å². The molecule has 1 unspecified atom stereocenters. The minimum Gasteiger partial charge on any atom is -0.376 e. The molecule has 1 saturated carbocycles. The van der Waals surface area contributed by atoms with Crippen molar-refractivity contribution in [1.29, 1.82) is 0 Å². The highest BCUT2D eigenvalue weighted by molar-refractivity contribution is 5.06. The van der Waals surface area contributed by atoms with Crippen LogP contribution in [-0.2, 0) is 4.74 Å². The van der Waals surface area contributed by atoms with Crippen molar-refractivity contribution in [2.24, 2.45) is 11.7 Å². The number of hydrogen-bond acceptors (Lipinski definition) is 2. The summed E-state index contributed by atoms with van der Waals surface area (Å²) >= 11 is 0. The molecule has 70 valence electrons. The van der Waals surface area contributed by atoms with Crippen LogP contribution in [0, 0.1) is 5.92 Å². The van der Waals surface area contributed by atoms with Crippen LogP contribution in [-0.4, -0.2) is 17.7 Å². The van der Waals surface area contributed by atoms with E-state index in [1.54, 1.807) is 0 Å². The maximum atomic E-state index is 6.19. The minimum atomic E-state index is 0.0673. The van der Waals surface area contributed by atoms with Crippen LogP contribution in [0.2, 0.25) is 0 Å². The van der Waals surface area contributed by atoms with Gasteiger partial charge in [0.25, 0.3) is 0 Å². The smallest absolute Gasteiger partial charge is 0.0629 e. The standard InChI is InChI=1S/C10H19NO/c1-9(2)7-8(3-6-12-9)10(11)4-5-10/h8H,3-7,11H2,1-2H3. The van der Waals surface area contributed by atoms with Crippen LogP contribution in [0.4, 0.5) is 0 Å². The lowest BCUT2D eigenvalue weighted by Crippen LogP contribution is -2.43. The fourth-order valence-corrected chi connectivity index (χ4v) is 2.28. The Bertz CT molecular complexity index is 184. The van der Waals surface area contributed by atoms with Gasteiger partial charge >= 0.3 is 0 Å². The van der Waals surface area contributed by atoms with Crippen LogP contribution in [0.5, 0.6) is 0 Å². The summed E-state index contributed by atoms with van der Waals surface area (Å²) in [5.74, 6) is 0.709. The highest BCUT2D eigenvalue weighted by atomic mass is 16.5. The molecule has 0 spiro atoms. The number of hydrogen-bond donors (Lipinski definition) is 1. The molecule has 2 N–H and O–H groups in total. The molecule has 1 saturated heterocycles. The van der Waals surface area contributed by atoms with Crippen molar-refractivity contribution in [1.82, 2.24) is 0 Å². The molecule has 0 aromatic carbocycles. The number of nitrogens with two attached hydrogens (primary N) is 1. The predicted octanol–water partition coefficient (Wildman–Crippen LogP) is 1.68. The third-order valence-electron chi connectivity index (χ3n) is 3.34. The van der Waals surface area contributed by atoms with E-state index in [1.165, 1.54) is 19.3 Å². The summed E-state index contributed by atoms with van der Waals surface area (Å²) in [5.41, 5.74) is 6.45. The van der Waals surface area contributed by atoms with Gasteiger partial charge in [0.05, 0.1) is 5.60 Å². The van der Waals surface area contributed by atoms with Gasteiger partial charge in [-0.3, -0.25) is 0 Å². The lowest BCUT2D eigenvalue weighted by molar-refractivity contribution is -0.0782. The molecule has 0 bridgehead atoms. The van der Waals surface area contributed by atoms with E-state index in [-0.39, 0.29) is 11.1 Å². The highest BCUT2D eigenvalue weighted by Crippen LogP contribution is 2.46. The van der Waals surface area contributed by atoms with Gasteiger partial charge in [0, 0.05) is 12.1 Å². The molecule has 0 amide bonds. The summed E-state index contributed by atoms with van der Waals surface area (Å²) in [6.45, 7) is 5.24. The Kier molecular flexibility index (Phi) is 1.74. The molecule has 2 heteroatoms. The lowest BCUT2D eigenvalue weighted by Gasteiger charge is -2.38. The molecule has 0 aromatic heterocycles. The van der Waals surface area contributed by atoms with Crippen molar-refractivity contribution >= 4 is 0 Å². The first kappa shape index (κ1) is 8.52. The number of rotatable bonds is 1. The molecule has 12 heavy (non-hydrogen) atoms. The summed E-state index contributed by atoms with van der Waals surface area (Å²) in [7, 11) is 0. The molecule has 1 atom stereocenters. The second-order valence-electron chi connectivity index (χ2n) is 5.03. The largest absolute Gasteiger partial charge is 0.376 e. The molecular weight excluding hydrogens is 150 g/mol. The quantitative estimate of drug-likeness (QED) is 0.648. The van der Waals surface area contributed by atoms with Crippen molar-refractivity contribution in [3.05, 3.63) is 0 Å². The zero-order valence-corrected chi connectivity index (χ0v) is 8.10. The molecule has 2 rings (SSSR count). The summed E-state index contributed by atoms with van der Waals surface area (Å²) in [6.07, 6.45) is 4.77. The van der Waals surface area contributed by atoms with Gasteiger partial charge in [0.2, 0.25) is 0 Å². The third kappa shape index (κ3) is 1.50. The average Bonchev–Trinajstić information content (AvgIpc) is 2.67. The first-order valence-electron chi connectivity index (χ1n) is 4.95. The van der Waals surface area contributed by atoms with E-state index in [1.807, 2.05) is 0 Å². The van der Waals surface area contributed by atoms with E-state index in [2.05, 4.69) is 13.8 Å². The van der Waals surface area contributed by atoms with Crippen molar-refractivity contribution in [2.45, 2.75) is 50.7 Å². The van der Waals surface area contributed by atoms with Crippen molar-refractivity contribution < 1.29 is 4.74 Å². The molecule has 0 radical (unpaired) electrons. The van der Waals surface area contributed by atoms with E-state index in [9.17, 15) is 0 Å². The Morgan fingerprint density at radius 3 is 2.50 bits per heavy atom. The Labute approximate surface area is 74.5 Å². The van der Waals surface area contributed by atoms with E-state index in [0.29, 0.717) is 5.92 Å². The molecule has 0 aromatic rings. The fraction of sp³-hybridized carbons (Fsp3) is 1.00. The van der Waals surface area contributed by atoms with Gasteiger partial charge in [-0.25, -0.2) is 0 Å². The van der Waals surface area contributed by atoms with E-state index >= 15 is 0 Å². The second-order valence-corrected chi connectivity index (χ2v) is 5.03. The molecule has 1 aliphatic carbocycles. The topological polar surface area (TPSA) is 35.2 Å². The summed E-state index contributed by atoms with van der Waals surface area (Å²) in [4.78, 5) is 0. The highest BCUT2D eigenvalue weighted by Gasteiger charge is 2.48.